The topological polar surface area (TPSA) is 53.0 Å². The van der Waals surface area contributed by atoms with Crippen molar-refractivity contribution in [1.29, 1.82) is 0 Å². The molecule has 1 aliphatic heterocycles. The van der Waals surface area contributed by atoms with Crippen LogP contribution in [0.15, 0.2) is 24.3 Å². The van der Waals surface area contributed by atoms with Gasteiger partial charge in [-0.2, -0.15) is 0 Å². The second kappa shape index (κ2) is 8.84. The van der Waals surface area contributed by atoms with Gasteiger partial charge in [-0.15, -0.1) is 0 Å². The average Bonchev–Trinajstić information content (AvgIpc) is 2.56. The molecule has 1 unspecified atom stereocenters. The number of likely N-dealkylation sites (N-methyl/N-ethyl adjacent to an activating group) is 1. The van der Waals surface area contributed by atoms with Gasteiger partial charge in [0, 0.05) is 20.2 Å². The van der Waals surface area contributed by atoms with Gasteiger partial charge in [-0.1, -0.05) is 12.1 Å². The molecule has 0 spiro atoms. The van der Waals surface area contributed by atoms with Crippen molar-refractivity contribution < 1.29 is 19.0 Å². The van der Waals surface area contributed by atoms with Crippen molar-refractivity contribution in [3.63, 3.8) is 0 Å². The Morgan fingerprint density at radius 1 is 1.48 bits per heavy atom. The molecule has 0 aliphatic carbocycles. The number of halogens is 1. The van der Waals surface area contributed by atoms with Crippen molar-refractivity contribution >= 4 is 5.91 Å². The van der Waals surface area contributed by atoms with Gasteiger partial charge in [-0.05, 0) is 37.4 Å². The van der Waals surface area contributed by atoms with Crippen LogP contribution in [0.2, 0.25) is 0 Å². The van der Waals surface area contributed by atoms with Crippen molar-refractivity contribution in [2.75, 3.05) is 46.4 Å². The molecule has 23 heavy (non-hydrogen) atoms. The summed E-state index contributed by atoms with van der Waals surface area (Å²) >= 11 is 0. The Kier molecular flexibility index (Phi) is 6.80. The number of aliphatic hydroxyl groups excluding tert-OH is 1. The number of rotatable bonds is 7. The van der Waals surface area contributed by atoms with E-state index < -0.39 is 5.82 Å². The summed E-state index contributed by atoms with van der Waals surface area (Å²) in [5.41, 5.74) is 0. The summed E-state index contributed by atoms with van der Waals surface area (Å²) in [6, 6.07) is 6.23. The number of amides is 1. The first-order chi connectivity index (χ1) is 11.1. The van der Waals surface area contributed by atoms with E-state index in [9.17, 15) is 14.3 Å². The lowest BCUT2D eigenvalue weighted by Gasteiger charge is -2.32. The number of carbonyl (C=O) groups is 1. The smallest absolute Gasteiger partial charge is 0.236 e. The van der Waals surface area contributed by atoms with Crippen LogP contribution in [0.1, 0.15) is 12.8 Å². The van der Waals surface area contributed by atoms with Gasteiger partial charge in [0.2, 0.25) is 5.91 Å². The zero-order valence-electron chi connectivity index (χ0n) is 13.6. The highest BCUT2D eigenvalue weighted by molar-refractivity contribution is 5.78. The number of hydrogen-bond acceptors (Lipinski definition) is 4. The first kappa shape index (κ1) is 17.7. The molecule has 1 amide bonds. The zero-order chi connectivity index (χ0) is 16.7. The van der Waals surface area contributed by atoms with Crippen LogP contribution in [0.25, 0.3) is 0 Å². The van der Waals surface area contributed by atoms with E-state index in [2.05, 4.69) is 4.90 Å². The second-order valence-electron chi connectivity index (χ2n) is 6.02. The quantitative estimate of drug-likeness (QED) is 0.823. The number of benzene rings is 1. The zero-order valence-corrected chi connectivity index (χ0v) is 13.6. The average molecular weight is 324 g/mol. The number of hydrogen-bond donors (Lipinski definition) is 1. The van der Waals surface area contributed by atoms with Crippen LogP contribution in [0.4, 0.5) is 4.39 Å². The van der Waals surface area contributed by atoms with Crippen molar-refractivity contribution in [3.05, 3.63) is 30.1 Å². The lowest BCUT2D eigenvalue weighted by molar-refractivity contribution is -0.132. The fraction of sp³-hybridized carbons (Fsp3) is 0.588. The number of carbonyl (C=O) groups excluding carboxylic acids is 1. The number of para-hydroxylation sites is 1. The molecule has 0 radical (unpaired) electrons. The molecular weight excluding hydrogens is 299 g/mol. The summed E-state index contributed by atoms with van der Waals surface area (Å²) in [5, 5.41) is 9.23. The van der Waals surface area contributed by atoms with Gasteiger partial charge in [0.25, 0.3) is 0 Å². The van der Waals surface area contributed by atoms with Gasteiger partial charge >= 0.3 is 0 Å². The monoisotopic (exact) mass is 324 g/mol. The van der Waals surface area contributed by atoms with E-state index in [0.717, 1.165) is 25.9 Å². The third kappa shape index (κ3) is 5.48. The number of ether oxygens (including phenoxy) is 1. The standard InChI is InChI=1S/C17H25FN2O3/c1-19(9-10-23-16-7-3-2-6-15(16)18)17(22)12-20-8-4-5-14(11-20)13-21/h2-3,6-7,14,21H,4-5,8-13H2,1H3. The van der Waals surface area contributed by atoms with Gasteiger partial charge in [0.1, 0.15) is 6.61 Å². The summed E-state index contributed by atoms with van der Waals surface area (Å²) in [5.74, 6) is 0.0898. The van der Waals surface area contributed by atoms with Crippen molar-refractivity contribution in [1.82, 2.24) is 9.80 Å². The molecule has 1 atom stereocenters. The van der Waals surface area contributed by atoms with E-state index in [1.165, 1.54) is 6.07 Å². The predicted molar refractivity (Wildman–Crippen MR) is 85.8 cm³/mol. The molecule has 0 saturated carbocycles. The molecule has 1 aromatic carbocycles. The fourth-order valence-electron chi connectivity index (χ4n) is 2.73. The minimum atomic E-state index is -0.398. The minimum absolute atomic E-state index is 0.0146. The predicted octanol–water partition coefficient (Wildman–Crippen LogP) is 1.37. The molecule has 1 aliphatic rings. The van der Waals surface area contributed by atoms with Gasteiger partial charge in [-0.25, -0.2) is 4.39 Å². The Morgan fingerprint density at radius 2 is 2.26 bits per heavy atom. The maximum Gasteiger partial charge on any atom is 0.236 e. The van der Waals surface area contributed by atoms with E-state index in [0.29, 0.717) is 13.1 Å². The Morgan fingerprint density at radius 3 is 3.00 bits per heavy atom. The number of likely N-dealkylation sites (tertiary alicyclic amines) is 1. The van der Waals surface area contributed by atoms with Crippen LogP contribution in [0, 0.1) is 11.7 Å². The Hall–Kier alpha value is -1.66. The van der Waals surface area contributed by atoms with Crippen LogP contribution in [-0.2, 0) is 4.79 Å². The van der Waals surface area contributed by atoms with E-state index in [1.807, 2.05) is 0 Å². The maximum atomic E-state index is 13.4. The van der Waals surface area contributed by atoms with E-state index in [1.54, 1.807) is 30.1 Å². The van der Waals surface area contributed by atoms with Crippen LogP contribution in [-0.4, -0.2) is 67.3 Å². The van der Waals surface area contributed by atoms with Gasteiger partial charge in [0.05, 0.1) is 13.1 Å². The van der Waals surface area contributed by atoms with Gasteiger partial charge in [0.15, 0.2) is 11.6 Å². The largest absolute Gasteiger partial charge is 0.489 e. The second-order valence-corrected chi connectivity index (χ2v) is 6.02. The Balaban J connectivity index is 1.71. The van der Waals surface area contributed by atoms with Gasteiger partial charge < -0.3 is 14.7 Å². The molecular formula is C17H25FN2O3. The molecule has 128 valence electrons. The van der Waals surface area contributed by atoms with E-state index in [-0.39, 0.29) is 30.8 Å². The summed E-state index contributed by atoms with van der Waals surface area (Å²) in [7, 11) is 1.72. The molecule has 1 aromatic rings. The van der Waals surface area contributed by atoms with Crippen LogP contribution in [0.3, 0.4) is 0 Å². The fourth-order valence-corrected chi connectivity index (χ4v) is 2.73. The highest BCUT2D eigenvalue weighted by Crippen LogP contribution is 2.16. The molecule has 1 N–H and O–H groups in total. The molecule has 0 aromatic heterocycles. The minimum Gasteiger partial charge on any atom is -0.489 e. The lowest BCUT2D eigenvalue weighted by atomic mass is 9.99. The van der Waals surface area contributed by atoms with E-state index >= 15 is 0 Å². The van der Waals surface area contributed by atoms with E-state index in [4.69, 9.17) is 4.74 Å². The Bertz CT molecular complexity index is 512. The highest BCUT2D eigenvalue weighted by atomic mass is 19.1. The summed E-state index contributed by atoms with van der Waals surface area (Å²) in [6.07, 6.45) is 2.03. The SMILES string of the molecule is CN(CCOc1ccccc1F)C(=O)CN1CCCC(CO)C1. The molecule has 1 saturated heterocycles. The lowest BCUT2D eigenvalue weighted by Crippen LogP contribution is -2.44. The first-order valence-electron chi connectivity index (χ1n) is 8.04. The van der Waals surface area contributed by atoms with Gasteiger partial charge in [-0.3, -0.25) is 9.69 Å². The molecule has 6 heteroatoms. The molecule has 1 heterocycles. The highest BCUT2D eigenvalue weighted by Gasteiger charge is 2.22. The molecule has 5 nitrogen and oxygen atoms in total. The van der Waals surface area contributed by atoms with Crippen molar-refractivity contribution in [2.24, 2.45) is 5.92 Å². The van der Waals surface area contributed by atoms with Crippen molar-refractivity contribution in [3.8, 4) is 5.75 Å². The summed E-state index contributed by atoms with van der Waals surface area (Å²) in [4.78, 5) is 15.9. The van der Waals surface area contributed by atoms with Crippen LogP contribution < -0.4 is 4.74 Å². The number of nitrogens with zero attached hydrogens (tertiary/aromatic N) is 2. The maximum absolute atomic E-state index is 13.4. The normalized spacial score (nSPS) is 18.7. The first-order valence-corrected chi connectivity index (χ1v) is 8.04. The van der Waals surface area contributed by atoms with Crippen LogP contribution in [0.5, 0.6) is 5.75 Å². The molecule has 1 fully saturated rings. The molecule has 2 rings (SSSR count). The summed E-state index contributed by atoms with van der Waals surface area (Å²) in [6.45, 7) is 2.85. The number of aliphatic hydroxyl groups is 1. The Labute approximate surface area is 136 Å². The summed E-state index contributed by atoms with van der Waals surface area (Å²) < 4.78 is 18.8. The number of piperidine rings is 1. The van der Waals surface area contributed by atoms with Crippen molar-refractivity contribution in [2.45, 2.75) is 12.8 Å². The van der Waals surface area contributed by atoms with Crippen LogP contribution >= 0.6 is 0 Å². The molecule has 0 bridgehead atoms. The third-order valence-electron chi connectivity index (χ3n) is 4.17. The third-order valence-corrected chi connectivity index (χ3v) is 4.17.